The van der Waals surface area contributed by atoms with E-state index in [-0.39, 0.29) is 11.0 Å². The first-order chi connectivity index (χ1) is 4.96. The van der Waals surface area contributed by atoms with Gasteiger partial charge in [-0.25, -0.2) is 0 Å². The van der Waals surface area contributed by atoms with Crippen LogP contribution < -0.4 is 5.73 Å². The molecule has 0 aromatic rings. The Labute approximate surface area is 74.1 Å². The zero-order valence-corrected chi connectivity index (χ0v) is 8.63. The Morgan fingerprint density at radius 3 is 1.91 bits per heavy atom. The smallest absolute Gasteiger partial charge is 0.0219 e. The first-order valence-corrected chi connectivity index (χ1v) is 5.48. The van der Waals surface area contributed by atoms with Gasteiger partial charge in [0.2, 0.25) is 0 Å². The molecule has 66 valence electrons. The summed E-state index contributed by atoms with van der Waals surface area (Å²) in [6.07, 6.45) is 2.36. The highest BCUT2D eigenvalue weighted by atomic mass is 32.2. The van der Waals surface area contributed by atoms with Crippen molar-refractivity contribution in [3.63, 3.8) is 0 Å². The predicted molar refractivity (Wildman–Crippen MR) is 52.9 cm³/mol. The first kappa shape index (κ1) is 9.40. The van der Waals surface area contributed by atoms with Gasteiger partial charge in [-0.3, -0.25) is 0 Å². The third-order valence-electron chi connectivity index (χ3n) is 2.88. The summed E-state index contributed by atoms with van der Waals surface area (Å²) in [6.45, 7) is 6.76. The van der Waals surface area contributed by atoms with Gasteiger partial charge in [-0.2, -0.15) is 11.8 Å². The number of thioether (sulfide) groups is 1. The van der Waals surface area contributed by atoms with Crippen LogP contribution in [0.5, 0.6) is 0 Å². The van der Waals surface area contributed by atoms with Crippen LogP contribution in [0.1, 0.15) is 33.6 Å². The van der Waals surface area contributed by atoms with Crippen molar-refractivity contribution in [2.45, 2.75) is 39.2 Å². The van der Waals surface area contributed by atoms with Gasteiger partial charge in [-0.15, -0.1) is 0 Å². The lowest BCUT2D eigenvalue weighted by Gasteiger charge is -2.44. The van der Waals surface area contributed by atoms with E-state index in [1.54, 1.807) is 0 Å². The van der Waals surface area contributed by atoms with Gasteiger partial charge in [0.1, 0.15) is 0 Å². The quantitative estimate of drug-likeness (QED) is 0.608. The largest absolute Gasteiger partial charge is 0.325 e. The molecule has 0 amide bonds. The van der Waals surface area contributed by atoms with E-state index in [0.29, 0.717) is 0 Å². The van der Waals surface area contributed by atoms with Crippen LogP contribution in [0.3, 0.4) is 0 Å². The molecule has 1 nitrogen and oxygen atoms in total. The number of nitrogens with two attached hydrogens (primary N) is 1. The normalized spacial score (nSPS) is 25.1. The Kier molecular flexibility index (Phi) is 2.55. The molecule has 0 aromatic carbocycles. The Morgan fingerprint density at radius 2 is 1.64 bits per heavy atom. The molecular weight excluding hydrogens is 154 g/mol. The fourth-order valence-electron chi connectivity index (χ4n) is 1.49. The fourth-order valence-corrected chi connectivity index (χ4v) is 2.71. The highest BCUT2D eigenvalue weighted by Crippen LogP contribution is 2.38. The van der Waals surface area contributed by atoms with Gasteiger partial charge in [0.15, 0.2) is 0 Å². The molecule has 0 unspecified atom stereocenters. The molecular formula is C9H19NS. The summed E-state index contributed by atoms with van der Waals surface area (Å²) in [6, 6.07) is 0. The zero-order valence-electron chi connectivity index (χ0n) is 7.81. The van der Waals surface area contributed by atoms with Crippen molar-refractivity contribution in [1.82, 2.24) is 0 Å². The predicted octanol–water partition coefficient (Wildman–Crippen LogP) is 2.26. The lowest BCUT2D eigenvalue weighted by Crippen LogP contribution is -2.53. The van der Waals surface area contributed by atoms with Gasteiger partial charge in [0, 0.05) is 5.54 Å². The summed E-state index contributed by atoms with van der Waals surface area (Å²) < 4.78 is 0. The Bertz CT molecular complexity index is 131. The molecule has 0 spiro atoms. The topological polar surface area (TPSA) is 26.0 Å². The molecule has 0 radical (unpaired) electrons. The molecule has 1 fully saturated rings. The van der Waals surface area contributed by atoms with Gasteiger partial charge in [0.25, 0.3) is 0 Å². The molecule has 1 saturated heterocycles. The first-order valence-electron chi connectivity index (χ1n) is 4.32. The third kappa shape index (κ3) is 1.91. The van der Waals surface area contributed by atoms with Gasteiger partial charge in [0.05, 0.1) is 0 Å². The van der Waals surface area contributed by atoms with E-state index in [4.69, 9.17) is 5.73 Å². The summed E-state index contributed by atoms with van der Waals surface area (Å²) in [5.41, 5.74) is 6.69. The molecule has 0 aliphatic carbocycles. The van der Waals surface area contributed by atoms with E-state index >= 15 is 0 Å². The molecule has 1 rings (SSSR count). The van der Waals surface area contributed by atoms with E-state index in [0.717, 1.165) is 0 Å². The summed E-state index contributed by atoms with van der Waals surface area (Å²) in [5.74, 6) is 2.49. The highest BCUT2D eigenvalue weighted by molar-refractivity contribution is 7.99. The van der Waals surface area contributed by atoms with Gasteiger partial charge < -0.3 is 5.73 Å². The lowest BCUT2D eigenvalue weighted by molar-refractivity contribution is 0.173. The minimum Gasteiger partial charge on any atom is -0.325 e. The maximum absolute atomic E-state index is 6.32. The van der Waals surface area contributed by atoms with Crippen molar-refractivity contribution in [2.75, 3.05) is 11.5 Å². The van der Waals surface area contributed by atoms with Crippen LogP contribution in [0, 0.1) is 5.41 Å². The van der Waals surface area contributed by atoms with Crippen LogP contribution in [0.25, 0.3) is 0 Å². The van der Waals surface area contributed by atoms with E-state index in [1.807, 2.05) is 11.8 Å². The van der Waals surface area contributed by atoms with Crippen molar-refractivity contribution in [1.29, 1.82) is 0 Å². The van der Waals surface area contributed by atoms with Gasteiger partial charge in [-0.1, -0.05) is 20.8 Å². The standard InChI is InChI=1S/C9H19NS/c1-8(2,3)9(10)4-6-11-7-5-9/h4-7,10H2,1-3H3. The van der Waals surface area contributed by atoms with Crippen molar-refractivity contribution in [3.05, 3.63) is 0 Å². The van der Waals surface area contributed by atoms with Crippen molar-refractivity contribution < 1.29 is 0 Å². The Morgan fingerprint density at radius 1 is 1.18 bits per heavy atom. The second-order valence-electron chi connectivity index (χ2n) is 4.52. The number of hydrogen-bond acceptors (Lipinski definition) is 2. The summed E-state index contributed by atoms with van der Waals surface area (Å²) in [7, 11) is 0. The molecule has 1 aliphatic heterocycles. The van der Waals surface area contributed by atoms with E-state index < -0.39 is 0 Å². The summed E-state index contributed by atoms with van der Waals surface area (Å²) >= 11 is 2.03. The number of hydrogen-bond donors (Lipinski definition) is 1. The molecule has 2 N–H and O–H groups in total. The minimum absolute atomic E-state index is 0.0955. The van der Waals surface area contributed by atoms with E-state index in [9.17, 15) is 0 Å². The van der Waals surface area contributed by atoms with Gasteiger partial charge in [-0.05, 0) is 29.8 Å². The molecule has 11 heavy (non-hydrogen) atoms. The van der Waals surface area contributed by atoms with E-state index in [2.05, 4.69) is 20.8 Å². The maximum atomic E-state index is 6.32. The van der Waals surface area contributed by atoms with Gasteiger partial charge >= 0.3 is 0 Å². The van der Waals surface area contributed by atoms with Crippen LogP contribution in [0.2, 0.25) is 0 Å². The second-order valence-corrected chi connectivity index (χ2v) is 5.74. The van der Waals surface area contributed by atoms with Crippen molar-refractivity contribution in [3.8, 4) is 0 Å². The fraction of sp³-hybridized carbons (Fsp3) is 1.00. The van der Waals surface area contributed by atoms with Crippen molar-refractivity contribution >= 4 is 11.8 Å². The molecule has 0 aromatic heterocycles. The molecule has 2 heteroatoms. The van der Waals surface area contributed by atoms with Crippen LogP contribution in [-0.2, 0) is 0 Å². The summed E-state index contributed by atoms with van der Waals surface area (Å²) in [4.78, 5) is 0. The Balaban J connectivity index is 2.64. The minimum atomic E-state index is 0.0955. The molecule has 0 atom stereocenters. The monoisotopic (exact) mass is 173 g/mol. The van der Waals surface area contributed by atoms with Crippen LogP contribution in [0.4, 0.5) is 0 Å². The molecule has 1 heterocycles. The zero-order chi connectivity index (χ0) is 8.54. The highest BCUT2D eigenvalue weighted by Gasteiger charge is 2.38. The van der Waals surface area contributed by atoms with Crippen molar-refractivity contribution in [2.24, 2.45) is 11.1 Å². The molecule has 0 saturated carbocycles. The third-order valence-corrected chi connectivity index (χ3v) is 3.86. The van der Waals surface area contributed by atoms with Crippen LogP contribution >= 0.6 is 11.8 Å². The Hall–Kier alpha value is 0.310. The molecule has 1 aliphatic rings. The SMILES string of the molecule is CC(C)(C)C1(N)CCSCC1. The average Bonchev–Trinajstić information content (AvgIpc) is 1.87. The number of rotatable bonds is 0. The second kappa shape index (κ2) is 2.98. The maximum Gasteiger partial charge on any atom is 0.0219 e. The van der Waals surface area contributed by atoms with E-state index in [1.165, 1.54) is 24.3 Å². The molecule has 0 bridgehead atoms. The van der Waals surface area contributed by atoms with Crippen LogP contribution in [0.15, 0.2) is 0 Å². The lowest BCUT2D eigenvalue weighted by atomic mass is 9.71. The average molecular weight is 173 g/mol. The van der Waals surface area contributed by atoms with Crippen LogP contribution in [-0.4, -0.2) is 17.0 Å². The summed E-state index contributed by atoms with van der Waals surface area (Å²) in [5, 5.41) is 0.